The summed E-state index contributed by atoms with van der Waals surface area (Å²) in [5.41, 5.74) is 0. The maximum atomic E-state index is 11.7. The minimum absolute atomic E-state index is 0.0835. The highest BCUT2D eigenvalue weighted by atomic mass is 32.1. The predicted octanol–water partition coefficient (Wildman–Crippen LogP) is 1.62. The normalized spacial score (nSPS) is 12.8. The predicted molar refractivity (Wildman–Crippen MR) is 64.8 cm³/mol. The van der Waals surface area contributed by atoms with Gasteiger partial charge in [-0.15, -0.1) is 11.3 Å². The molecule has 90 valence electrons. The van der Waals surface area contributed by atoms with Crippen LogP contribution in [0.2, 0.25) is 0 Å². The highest BCUT2D eigenvalue weighted by molar-refractivity contribution is 7.13. The van der Waals surface area contributed by atoms with Crippen LogP contribution in [0.15, 0.2) is 6.20 Å². The summed E-state index contributed by atoms with van der Waals surface area (Å²) in [6.07, 6.45) is 1.61. The third-order valence-electron chi connectivity index (χ3n) is 2.16. The van der Waals surface area contributed by atoms with Crippen molar-refractivity contribution in [2.24, 2.45) is 5.92 Å². The van der Waals surface area contributed by atoms with Gasteiger partial charge in [-0.3, -0.25) is 4.79 Å². The summed E-state index contributed by atoms with van der Waals surface area (Å²) < 4.78 is 0. The molecule has 1 aromatic rings. The molecule has 0 aliphatic rings. The van der Waals surface area contributed by atoms with Crippen LogP contribution in [0.3, 0.4) is 0 Å². The molecule has 0 radical (unpaired) electrons. The molecule has 0 aliphatic heterocycles. The molecular weight excluding hydrogens is 224 g/mol. The number of aliphatic hydroxyl groups is 1. The van der Waals surface area contributed by atoms with Gasteiger partial charge in [0.2, 0.25) is 0 Å². The van der Waals surface area contributed by atoms with Gasteiger partial charge in [-0.05, 0) is 5.92 Å². The van der Waals surface area contributed by atoms with Gasteiger partial charge in [0.25, 0.3) is 5.91 Å². The van der Waals surface area contributed by atoms with Gasteiger partial charge in [-0.25, -0.2) is 4.98 Å². The SMILES string of the molecule is CC(CO)CNC(=O)c1cnc(C(C)C)s1. The van der Waals surface area contributed by atoms with E-state index in [9.17, 15) is 4.79 Å². The first-order valence-corrected chi connectivity index (χ1v) is 6.21. The first-order chi connectivity index (χ1) is 7.54. The molecule has 1 heterocycles. The van der Waals surface area contributed by atoms with Gasteiger partial charge >= 0.3 is 0 Å². The van der Waals surface area contributed by atoms with Gasteiger partial charge in [0.1, 0.15) is 4.88 Å². The Bertz CT molecular complexity index is 350. The number of thiazole rings is 1. The van der Waals surface area contributed by atoms with Crippen molar-refractivity contribution in [3.63, 3.8) is 0 Å². The van der Waals surface area contributed by atoms with Crippen LogP contribution in [0.25, 0.3) is 0 Å². The number of carbonyl (C=O) groups is 1. The van der Waals surface area contributed by atoms with Crippen LogP contribution >= 0.6 is 11.3 Å². The minimum Gasteiger partial charge on any atom is -0.396 e. The number of amides is 1. The summed E-state index contributed by atoms with van der Waals surface area (Å²) >= 11 is 1.42. The van der Waals surface area contributed by atoms with E-state index < -0.39 is 0 Å². The monoisotopic (exact) mass is 242 g/mol. The molecule has 1 atom stereocenters. The summed E-state index contributed by atoms with van der Waals surface area (Å²) in [5.74, 6) is 0.328. The zero-order valence-corrected chi connectivity index (χ0v) is 10.7. The lowest BCUT2D eigenvalue weighted by atomic mass is 10.2. The van der Waals surface area contributed by atoms with Crippen LogP contribution in [0.5, 0.6) is 0 Å². The number of rotatable bonds is 5. The highest BCUT2D eigenvalue weighted by Gasteiger charge is 2.12. The second-order valence-electron chi connectivity index (χ2n) is 4.22. The van der Waals surface area contributed by atoms with Crippen molar-refractivity contribution in [1.29, 1.82) is 0 Å². The molecule has 0 saturated heterocycles. The highest BCUT2D eigenvalue weighted by Crippen LogP contribution is 2.20. The van der Waals surface area contributed by atoms with Crippen molar-refractivity contribution in [2.45, 2.75) is 26.7 Å². The van der Waals surface area contributed by atoms with E-state index in [1.165, 1.54) is 11.3 Å². The van der Waals surface area contributed by atoms with Crippen molar-refractivity contribution in [1.82, 2.24) is 10.3 Å². The maximum Gasteiger partial charge on any atom is 0.263 e. The van der Waals surface area contributed by atoms with Crippen molar-refractivity contribution < 1.29 is 9.90 Å². The number of nitrogens with zero attached hydrogens (tertiary/aromatic N) is 1. The summed E-state index contributed by atoms with van der Waals surface area (Å²) in [6.45, 7) is 6.56. The third kappa shape index (κ3) is 3.57. The van der Waals surface area contributed by atoms with E-state index in [0.717, 1.165) is 5.01 Å². The van der Waals surface area contributed by atoms with E-state index in [-0.39, 0.29) is 18.4 Å². The van der Waals surface area contributed by atoms with Gasteiger partial charge in [-0.2, -0.15) is 0 Å². The number of aromatic nitrogens is 1. The Kier molecular flexibility index (Phi) is 4.89. The Morgan fingerprint density at radius 3 is 2.75 bits per heavy atom. The standard InChI is InChI=1S/C11H18N2O2S/c1-7(2)11-13-5-9(16-11)10(15)12-4-8(3)6-14/h5,7-8,14H,4,6H2,1-3H3,(H,12,15). The summed E-state index contributed by atoms with van der Waals surface area (Å²) in [6, 6.07) is 0. The number of hydrogen-bond donors (Lipinski definition) is 2. The van der Waals surface area contributed by atoms with Crippen LogP contribution in [0, 0.1) is 5.92 Å². The largest absolute Gasteiger partial charge is 0.396 e. The second-order valence-corrected chi connectivity index (χ2v) is 5.28. The topological polar surface area (TPSA) is 62.2 Å². The molecule has 0 bridgehead atoms. The van der Waals surface area contributed by atoms with Gasteiger partial charge in [-0.1, -0.05) is 20.8 Å². The average molecular weight is 242 g/mol. The lowest BCUT2D eigenvalue weighted by Crippen LogP contribution is -2.28. The van der Waals surface area contributed by atoms with E-state index in [4.69, 9.17) is 5.11 Å². The molecule has 16 heavy (non-hydrogen) atoms. The number of carbonyl (C=O) groups excluding carboxylic acids is 1. The third-order valence-corrected chi connectivity index (χ3v) is 3.46. The van der Waals surface area contributed by atoms with Crippen LogP contribution in [0.4, 0.5) is 0 Å². The fourth-order valence-corrected chi connectivity index (χ4v) is 1.91. The summed E-state index contributed by atoms with van der Waals surface area (Å²) in [5, 5.41) is 12.6. The zero-order valence-electron chi connectivity index (χ0n) is 9.86. The number of hydrogen-bond acceptors (Lipinski definition) is 4. The summed E-state index contributed by atoms with van der Waals surface area (Å²) in [4.78, 5) is 16.5. The van der Waals surface area contributed by atoms with Crippen LogP contribution in [0.1, 0.15) is 41.4 Å². The van der Waals surface area contributed by atoms with E-state index >= 15 is 0 Å². The average Bonchev–Trinajstić information content (AvgIpc) is 2.74. The van der Waals surface area contributed by atoms with E-state index in [1.54, 1.807) is 6.20 Å². The Morgan fingerprint density at radius 1 is 1.56 bits per heavy atom. The number of nitrogens with one attached hydrogen (secondary N) is 1. The van der Waals surface area contributed by atoms with Gasteiger partial charge < -0.3 is 10.4 Å². The first kappa shape index (κ1) is 13.1. The lowest BCUT2D eigenvalue weighted by molar-refractivity contribution is 0.0946. The van der Waals surface area contributed by atoms with Gasteiger partial charge in [0, 0.05) is 19.1 Å². The van der Waals surface area contributed by atoms with Gasteiger partial charge in [0.15, 0.2) is 0 Å². The first-order valence-electron chi connectivity index (χ1n) is 5.39. The quantitative estimate of drug-likeness (QED) is 0.825. The van der Waals surface area contributed by atoms with Crippen molar-refractivity contribution in [2.75, 3.05) is 13.2 Å². The fourth-order valence-electron chi connectivity index (χ4n) is 1.08. The second kappa shape index (κ2) is 5.96. The van der Waals surface area contributed by atoms with Crippen LogP contribution in [-0.2, 0) is 0 Å². The molecule has 5 heteroatoms. The maximum absolute atomic E-state index is 11.7. The van der Waals surface area contributed by atoms with Crippen LogP contribution in [-0.4, -0.2) is 29.1 Å². The molecule has 1 rings (SSSR count). The molecular formula is C11H18N2O2S. The Morgan fingerprint density at radius 2 is 2.25 bits per heavy atom. The summed E-state index contributed by atoms with van der Waals surface area (Å²) in [7, 11) is 0. The van der Waals surface area contributed by atoms with Crippen molar-refractivity contribution in [3.05, 3.63) is 16.1 Å². The molecule has 2 N–H and O–H groups in total. The molecule has 0 spiro atoms. The molecule has 4 nitrogen and oxygen atoms in total. The number of aliphatic hydroxyl groups excluding tert-OH is 1. The molecule has 0 saturated carbocycles. The smallest absolute Gasteiger partial charge is 0.263 e. The molecule has 0 aromatic carbocycles. The molecule has 1 amide bonds. The van der Waals surface area contributed by atoms with Gasteiger partial charge in [0.05, 0.1) is 11.2 Å². The molecule has 1 unspecified atom stereocenters. The fraction of sp³-hybridized carbons (Fsp3) is 0.636. The molecule has 0 fully saturated rings. The van der Waals surface area contributed by atoms with E-state index in [1.807, 2.05) is 20.8 Å². The minimum atomic E-state index is -0.107. The van der Waals surface area contributed by atoms with E-state index in [0.29, 0.717) is 17.3 Å². The Hall–Kier alpha value is -0.940. The molecule has 0 aliphatic carbocycles. The Labute approximate surface area is 99.7 Å². The zero-order chi connectivity index (χ0) is 12.1. The van der Waals surface area contributed by atoms with Crippen LogP contribution < -0.4 is 5.32 Å². The van der Waals surface area contributed by atoms with Crippen molar-refractivity contribution in [3.8, 4) is 0 Å². The lowest BCUT2D eigenvalue weighted by Gasteiger charge is -2.08. The van der Waals surface area contributed by atoms with E-state index in [2.05, 4.69) is 10.3 Å². The molecule has 1 aromatic heterocycles. The van der Waals surface area contributed by atoms with Crippen molar-refractivity contribution >= 4 is 17.2 Å². The Balaban J connectivity index is 2.53.